The van der Waals surface area contributed by atoms with Gasteiger partial charge in [0, 0.05) is 5.56 Å². The molecule has 0 aliphatic rings. The highest BCUT2D eigenvalue weighted by molar-refractivity contribution is 7.87. The topological polar surface area (TPSA) is 139 Å². The van der Waals surface area contributed by atoms with E-state index in [9.17, 15) is 22.8 Å². The zero-order valence-corrected chi connectivity index (χ0v) is 20.3. The first-order valence-corrected chi connectivity index (χ1v) is 12.2. The highest BCUT2D eigenvalue weighted by atomic mass is 32.2. The van der Waals surface area contributed by atoms with E-state index in [2.05, 4.69) is 10.6 Å². The number of amides is 2. The molecule has 10 heteroatoms. The molecule has 36 heavy (non-hydrogen) atoms. The molecule has 1 unspecified atom stereocenters. The normalized spacial score (nSPS) is 12.3. The van der Waals surface area contributed by atoms with Gasteiger partial charge in [-0.1, -0.05) is 48.0 Å². The lowest BCUT2D eigenvalue weighted by Gasteiger charge is -2.13. The van der Waals surface area contributed by atoms with Gasteiger partial charge in [-0.15, -0.1) is 0 Å². The molecule has 3 N–H and O–H groups in total. The van der Waals surface area contributed by atoms with Crippen molar-refractivity contribution in [2.75, 3.05) is 0 Å². The number of carbonyl (C=O) groups is 3. The number of carboxylic acids is 1. The van der Waals surface area contributed by atoms with E-state index in [0.29, 0.717) is 11.1 Å². The van der Waals surface area contributed by atoms with E-state index < -0.39 is 33.9 Å². The first-order chi connectivity index (χ1) is 17.0. The Balaban J connectivity index is 1.83. The predicted molar refractivity (Wildman–Crippen MR) is 133 cm³/mol. The van der Waals surface area contributed by atoms with Crippen molar-refractivity contribution in [3.63, 3.8) is 0 Å². The number of aliphatic carboxylic acids is 1. The number of hydrogen-bond donors (Lipinski definition) is 3. The third kappa shape index (κ3) is 7.03. The minimum Gasteiger partial charge on any atom is -0.480 e. The average molecular weight is 509 g/mol. The van der Waals surface area contributed by atoms with Crippen LogP contribution in [0.2, 0.25) is 0 Å². The highest BCUT2D eigenvalue weighted by Crippen LogP contribution is 2.20. The summed E-state index contributed by atoms with van der Waals surface area (Å²) in [5, 5.41) is 13.9. The van der Waals surface area contributed by atoms with Crippen molar-refractivity contribution in [2.45, 2.75) is 24.8 Å². The molecule has 0 fully saturated rings. The zero-order valence-electron chi connectivity index (χ0n) is 19.5. The van der Waals surface area contributed by atoms with E-state index in [0.717, 1.165) is 5.56 Å². The third-order valence-corrected chi connectivity index (χ3v) is 6.21. The first-order valence-electron chi connectivity index (χ1n) is 10.8. The molecule has 0 aliphatic carbocycles. The second kappa shape index (κ2) is 11.3. The van der Waals surface area contributed by atoms with Gasteiger partial charge in [0.2, 0.25) is 0 Å². The van der Waals surface area contributed by atoms with Gasteiger partial charge in [-0.25, -0.2) is 0 Å². The largest absolute Gasteiger partial charge is 0.480 e. The van der Waals surface area contributed by atoms with Crippen LogP contribution in [0.3, 0.4) is 0 Å². The van der Waals surface area contributed by atoms with Crippen molar-refractivity contribution < 1.29 is 32.1 Å². The SMILES string of the molecule is Cc1ccc(S(=O)(=O)Oc2ccc(C=C(NC(=O)c3ccccc3)C(=O)NC(C)C(=O)O)cc2)cc1. The Morgan fingerprint density at radius 3 is 2.11 bits per heavy atom. The fourth-order valence-electron chi connectivity index (χ4n) is 2.94. The van der Waals surface area contributed by atoms with Gasteiger partial charge in [0.25, 0.3) is 11.8 Å². The smallest absolute Gasteiger partial charge is 0.339 e. The Morgan fingerprint density at radius 2 is 1.53 bits per heavy atom. The summed E-state index contributed by atoms with van der Waals surface area (Å²) in [5.74, 6) is -2.57. The minimum atomic E-state index is -4.04. The molecule has 2 amide bonds. The van der Waals surface area contributed by atoms with Gasteiger partial charge in [0.05, 0.1) is 0 Å². The number of benzene rings is 3. The number of hydrogen-bond acceptors (Lipinski definition) is 6. The Kier molecular flexibility index (Phi) is 8.23. The molecular weight excluding hydrogens is 484 g/mol. The maximum Gasteiger partial charge on any atom is 0.339 e. The molecule has 3 aromatic carbocycles. The average Bonchev–Trinajstić information content (AvgIpc) is 2.85. The number of aryl methyl sites for hydroxylation is 1. The summed E-state index contributed by atoms with van der Waals surface area (Å²) < 4.78 is 30.2. The molecule has 0 bridgehead atoms. The summed E-state index contributed by atoms with van der Waals surface area (Å²) in [6.07, 6.45) is 1.34. The first kappa shape index (κ1) is 26.2. The van der Waals surface area contributed by atoms with Crippen molar-refractivity contribution in [3.05, 3.63) is 101 Å². The summed E-state index contributed by atoms with van der Waals surface area (Å²) >= 11 is 0. The Bertz CT molecular complexity index is 1380. The van der Waals surface area contributed by atoms with Crippen LogP contribution in [0.1, 0.15) is 28.4 Å². The second-order valence-corrected chi connectivity index (χ2v) is 9.38. The zero-order chi connectivity index (χ0) is 26.3. The fourth-order valence-corrected chi connectivity index (χ4v) is 3.87. The highest BCUT2D eigenvalue weighted by Gasteiger charge is 2.20. The second-order valence-electron chi connectivity index (χ2n) is 7.83. The van der Waals surface area contributed by atoms with Gasteiger partial charge in [0.15, 0.2) is 0 Å². The summed E-state index contributed by atoms with van der Waals surface area (Å²) in [6.45, 7) is 3.13. The number of carbonyl (C=O) groups excluding carboxylic acids is 2. The number of rotatable bonds is 9. The molecule has 186 valence electrons. The van der Waals surface area contributed by atoms with Crippen molar-refractivity contribution in [2.24, 2.45) is 0 Å². The van der Waals surface area contributed by atoms with E-state index in [1.165, 1.54) is 49.4 Å². The minimum absolute atomic E-state index is 0.00667. The summed E-state index contributed by atoms with van der Waals surface area (Å²) in [7, 11) is -4.04. The van der Waals surface area contributed by atoms with Gasteiger partial charge in [0.1, 0.15) is 22.4 Å². The van der Waals surface area contributed by atoms with Crippen LogP contribution >= 0.6 is 0 Å². The summed E-state index contributed by atoms with van der Waals surface area (Å²) in [6, 6.07) is 19.0. The van der Waals surface area contributed by atoms with Gasteiger partial charge in [-0.2, -0.15) is 8.42 Å². The van der Waals surface area contributed by atoms with Crippen molar-refractivity contribution >= 4 is 34.0 Å². The van der Waals surface area contributed by atoms with E-state index in [4.69, 9.17) is 9.29 Å². The van der Waals surface area contributed by atoms with E-state index in [1.807, 2.05) is 6.92 Å². The summed E-state index contributed by atoms with van der Waals surface area (Å²) in [4.78, 5) is 36.5. The van der Waals surface area contributed by atoms with E-state index in [1.54, 1.807) is 42.5 Å². The van der Waals surface area contributed by atoms with Gasteiger partial charge in [-0.05, 0) is 61.9 Å². The van der Waals surface area contributed by atoms with Crippen LogP contribution in [-0.2, 0) is 19.7 Å². The fraction of sp³-hybridized carbons (Fsp3) is 0.115. The van der Waals surface area contributed by atoms with E-state index in [-0.39, 0.29) is 16.3 Å². The molecule has 1 atom stereocenters. The lowest BCUT2D eigenvalue weighted by molar-refractivity contribution is -0.140. The molecule has 0 radical (unpaired) electrons. The Hall–Kier alpha value is -4.44. The monoisotopic (exact) mass is 508 g/mol. The molecule has 3 aromatic rings. The quantitative estimate of drug-likeness (QED) is 0.298. The molecule has 0 aliphatic heterocycles. The number of nitrogens with one attached hydrogen (secondary N) is 2. The van der Waals surface area contributed by atoms with Crippen molar-refractivity contribution in [1.82, 2.24) is 10.6 Å². The summed E-state index contributed by atoms with van der Waals surface area (Å²) in [5.41, 5.74) is 1.43. The lowest BCUT2D eigenvalue weighted by Crippen LogP contribution is -2.42. The maximum atomic E-state index is 12.7. The molecule has 0 heterocycles. The van der Waals surface area contributed by atoms with Crippen LogP contribution in [0.25, 0.3) is 6.08 Å². The molecule has 0 aromatic heterocycles. The lowest BCUT2D eigenvalue weighted by atomic mass is 10.1. The van der Waals surface area contributed by atoms with Gasteiger partial charge in [-0.3, -0.25) is 14.4 Å². The molecule has 3 rings (SSSR count). The standard InChI is InChI=1S/C26H24N2O7S/c1-17-8-14-22(15-9-17)36(33,34)35-21-12-10-19(11-13-21)16-23(25(30)27-18(2)26(31)32)28-24(29)20-6-4-3-5-7-20/h3-16,18H,1-2H3,(H,27,30)(H,28,29)(H,31,32). The molecular formula is C26H24N2O7S. The van der Waals surface area contributed by atoms with Crippen LogP contribution in [0.5, 0.6) is 5.75 Å². The molecule has 0 saturated carbocycles. The molecule has 9 nitrogen and oxygen atoms in total. The third-order valence-electron chi connectivity index (χ3n) is 4.95. The van der Waals surface area contributed by atoms with Crippen LogP contribution in [0, 0.1) is 6.92 Å². The Morgan fingerprint density at radius 1 is 0.917 bits per heavy atom. The van der Waals surface area contributed by atoms with E-state index >= 15 is 0 Å². The molecule has 0 saturated heterocycles. The van der Waals surface area contributed by atoms with Crippen LogP contribution < -0.4 is 14.8 Å². The van der Waals surface area contributed by atoms with Gasteiger partial charge >= 0.3 is 16.1 Å². The number of carboxylic acid groups (broad SMARTS) is 1. The van der Waals surface area contributed by atoms with Crippen LogP contribution in [0.15, 0.2) is 89.5 Å². The van der Waals surface area contributed by atoms with Gasteiger partial charge < -0.3 is 19.9 Å². The Labute approximate surface area is 208 Å². The van der Waals surface area contributed by atoms with Crippen molar-refractivity contribution in [1.29, 1.82) is 0 Å². The van der Waals surface area contributed by atoms with Crippen molar-refractivity contribution in [3.8, 4) is 5.75 Å². The predicted octanol–water partition coefficient (Wildman–Crippen LogP) is 3.12. The maximum absolute atomic E-state index is 12.7. The van der Waals surface area contributed by atoms with Crippen LogP contribution in [-0.4, -0.2) is 37.3 Å². The molecule has 0 spiro atoms. The van der Waals surface area contributed by atoms with Crippen LogP contribution in [0.4, 0.5) is 0 Å².